The van der Waals surface area contributed by atoms with Crippen LogP contribution < -0.4 is 14.2 Å². The summed E-state index contributed by atoms with van der Waals surface area (Å²) in [4.78, 5) is 7.33. The van der Waals surface area contributed by atoms with Crippen molar-refractivity contribution in [2.45, 2.75) is 12.5 Å². The van der Waals surface area contributed by atoms with Gasteiger partial charge in [0.25, 0.3) is 0 Å². The molecule has 4 rings (SSSR count). The predicted octanol–water partition coefficient (Wildman–Crippen LogP) is 5.28. The number of nitrogens with zero attached hydrogens (tertiary/aromatic N) is 2. The molecule has 0 saturated heterocycles. The summed E-state index contributed by atoms with van der Waals surface area (Å²) in [5.74, 6) is -0.399. The van der Waals surface area contributed by atoms with Crippen molar-refractivity contribution in [2.24, 2.45) is 0 Å². The van der Waals surface area contributed by atoms with Crippen LogP contribution in [-0.4, -0.2) is 16.3 Å². The van der Waals surface area contributed by atoms with Crippen LogP contribution in [-0.2, 0) is 6.18 Å². The molecule has 0 bridgehead atoms. The number of aromatic nitrogens is 2. The van der Waals surface area contributed by atoms with Crippen LogP contribution in [0.3, 0.4) is 0 Å². The third kappa shape index (κ3) is 3.40. The standard InChI is InChI=1S/C18H9F5N2O3/c19-17(20,21)14-7-6-10(9-25-14)26-16-12(4-2-8-24-16)11-3-1-5-13-15(11)28-18(22,23)27-13/h1-9H. The molecule has 1 aliphatic rings. The molecule has 0 aliphatic carbocycles. The smallest absolute Gasteiger partial charge is 0.437 e. The Hall–Kier alpha value is -3.43. The van der Waals surface area contributed by atoms with E-state index in [2.05, 4.69) is 19.4 Å². The largest absolute Gasteiger partial charge is 0.586 e. The van der Waals surface area contributed by atoms with Crippen molar-refractivity contribution in [1.82, 2.24) is 9.97 Å². The maximum atomic E-state index is 13.4. The Morgan fingerprint density at radius 2 is 1.68 bits per heavy atom. The fraction of sp³-hybridized carbons (Fsp3) is 0.111. The minimum Gasteiger partial charge on any atom is -0.437 e. The maximum Gasteiger partial charge on any atom is 0.586 e. The van der Waals surface area contributed by atoms with Crippen molar-refractivity contribution >= 4 is 0 Å². The van der Waals surface area contributed by atoms with Crippen LogP contribution >= 0.6 is 0 Å². The lowest BCUT2D eigenvalue weighted by molar-refractivity contribution is -0.286. The minimum absolute atomic E-state index is 0.0111. The number of benzene rings is 1. The van der Waals surface area contributed by atoms with Gasteiger partial charge in [-0.15, -0.1) is 8.78 Å². The highest BCUT2D eigenvalue weighted by molar-refractivity contribution is 5.77. The van der Waals surface area contributed by atoms with E-state index in [1.54, 1.807) is 6.07 Å². The number of fused-ring (bicyclic) bond motifs is 1. The van der Waals surface area contributed by atoms with Crippen LogP contribution in [0.2, 0.25) is 0 Å². The fourth-order valence-electron chi connectivity index (χ4n) is 2.58. The molecule has 0 spiro atoms. The molecule has 0 radical (unpaired) electrons. The summed E-state index contributed by atoms with van der Waals surface area (Å²) in [6.07, 6.45) is -6.11. The average molecular weight is 396 g/mol. The molecule has 5 nitrogen and oxygen atoms in total. The molecule has 0 fully saturated rings. The van der Waals surface area contributed by atoms with Gasteiger partial charge in [0.1, 0.15) is 11.4 Å². The third-order valence-electron chi connectivity index (χ3n) is 3.73. The highest BCUT2D eigenvalue weighted by Gasteiger charge is 2.44. The lowest BCUT2D eigenvalue weighted by Crippen LogP contribution is -2.26. The number of pyridine rings is 2. The summed E-state index contributed by atoms with van der Waals surface area (Å²) >= 11 is 0. The molecule has 0 amide bonds. The summed E-state index contributed by atoms with van der Waals surface area (Å²) in [6.45, 7) is 0. The Labute approximate surface area is 154 Å². The Morgan fingerprint density at radius 1 is 0.893 bits per heavy atom. The van der Waals surface area contributed by atoms with E-state index in [0.29, 0.717) is 0 Å². The molecule has 2 aromatic heterocycles. The lowest BCUT2D eigenvalue weighted by Gasteiger charge is -2.12. The van der Waals surface area contributed by atoms with Crippen molar-refractivity contribution in [3.8, 4) is 34.3 Å². The van der Waals surface area contributed by atoms with Crippen molar-refractivity contribution in [1.29, 1.82) is 0 Å². The van der Waals surface area contributed by atoms with Gasteiger partial charge >= 0.3 is 12.5 Å². The summed E-state index contributed by atoms with van der Waals surface area (Å²) in [5, 5.41) is 0. The van der Waals surface area contributed by atoms with Gasteiger partial charge in [-0.05, 0) is 30.3 Å². The summed E-state index contributed by atoms with van der Waals surface area (Å²) in [5.41, 5.74) is -0.576. The summed E-state index contributed by atoms with van der Waals surface area (Å²) in [7, 11) is 0. The second kappa shape index (κ2) is 6.32. The van der Waals surface area contributed by atoms with E-state index in [0.717, 1.165) is 18.3 Å². The van der Waals surface area contributed by atoms with Gasteiger partial charge in [-0.3, -0.25) is 0 Å². The molecule has 3 heterocycles. The van der Waals surface area contributed by atoms with Crippen LogP contribution in [0.5, 0.6) is 23.1 Å². The highest BCUT2D eigenvalue weighted by Crippen LogP contribution is 2.48. The lowest BCUT2D eigenvalue weighted by atomic mass is 10.1. The minimum atomic E-state index is -4.58. The van der Waals surface area contributed by atoms with Crippen LogP contribution in [0.25, 0.3) is 11.1 Å². The Bertz CT molecular complexity index is 1020. The predicted molar refractivity (Wildman–Crippen MR) is 85.2 cm³/mol. The average Bonchev–Trinajstić information content (AvgIpc) is 2.96. The van der Waals surface area contributed by atoms with Crippen molar-refractivity contribution in [3.05, 3.63) is 60.6 Å². The van der Waals surface area contributed by atoms with E-state index >= 15 is 0 Å². The van der Waals surface area contributed by atoms with E-state index in [4.69, 9.17) is 4.74 Å². The third-order valence-corrected chi connectivity index (χ3v) is 3.73. The molecule has 3 aromatic rings. The molecule has 10 heteroatoms. The molecule has 1 aliphatic heterocycles. The van der Waals surface area contributed by atoms with Gasteiger partial charge in [-0.2, -0.15) is 13.2 Å². The first-order valence-corrected chi connectivity index (χ1v) is 7.78. The van der Waals surface area contributed by atoms with Gasteiger partial charge in [0.05, 0.1) is 6.20 Å². The first-order chi connectivity index (χ1) is 13.2. The number of hydrogen-bond donors (Lipinski definition) is 0. The van der Waals surface area contributed by atoms with Gasteiger partial charge in [-0.1, -0.05) is 12.1 Å². The molecule has 0 saturated carbocycles. The van der Waals surface area contributed by atoms with Gasteiger partial charge in [0, 0.05) is 17.3 Å². The van der Waals surface area contributed by atoms with Crippen molar-refractivity contribution in [3.63, 3.8) is 0 Å². The van der Waals surface area contributed by atoms with E-state index in [9.17, 15) is 22.0 Å². The van der Waals surface area contributed by atoms with E-state index in [1.807, 2.05) is 0 Å². The van der Waals surface area contributed by atoms with Gasteiger partial charge < -0.3 is 14.2 Å². The van der Waals surface area contributed by atoms with Gasteiger partial charge in [-0.25, -0.2) is 9.97 Å². The number of ether oxygens (including phenoxy) is 3. The summed E-state index contributed by atoms with van der Waals surface area (Å²) in [6, 6.07) is 9.22. The molecule has 0 unspecified atom stereocenters. The van der Waals surface area contributed by atoms with Crippen LogP contribution in [0.15, 0.2) is 54.9 Å². The number of para-hydroxylation sites is 1. The van der Waals surface area contributed by atoms with Crippen molar-refractivity contribution < 1.29 is 36.2 Å². The van der Waals surface area contributed by atoms with Crippen molar-refractivity contribution in [2.75, 3.05) is 0 Å². The molecule has 28 heavy (non-hydrogen) atoms. The SMILES string of the molecule is FC1(F)Oc2cccc(-c3cccnc3Oc3ccc(C(F)(F)F)nc3)c2O1. The first kappa shape index (κ1) is 18.0. The quantitative estimate of drug-likeness (QED) is 0.564. The number of rotatable bonds is 3. The second-order valence-corrected chi connectivity index (χ2v) is 5.64. The van der Waals surface area contributed by atoms with E-state index < -0.39 is 18.2 Å². The zero-order valence-corrected chi connectivity index (χ0v) is 13.7. The van der Waals surface area contributed by atoms with E-state index in [-0.39, 0.29) is 34.3 Å². The first-order valence-electron chi connectivity index (χ1n) is 7.78. The number of halogens is 5. The maximum absolute atomic E-state index is 13.4. The highest BCUT2D eigenvalue weighted by atomic mass is 19.4. The topological polar surface area (TPSA) is 53.5 Å². The van der Waals surface area contributed by atoms with Crippen LogP contribution in [0.4, 0.5) is 22.0 Å². The molecule has 0 N–H and O–H groups in total. The van der Waals surface area contributed by atoms with E-state index in [1.165, 1.54) is 30.5 Å². The summed E-state index contributed by atoms with van der Waals surface area (Å²) < 4.78 is 79.2. The second-order valence-electron chi connectivity index (χ2n) is 5.64. The number of hydrogen-bond acceptors (Lipinski definition) is 5. The molecule has 144 valence electrons. The van der Waals surface area contributed by atoms with Gasteiger partial charge in [0.2, 0.25) is 5.88 Å². The zero-order valence-electron chi connectivity index (χ0n) is 13.7. The Balaban J connectivity index is 1.69. The normalized spacial score (nSPS) is 14.8. The molecular formula is C18H9F5N2O3. The van der Waals surface area contributed by atoms with Crippen LogP contribution in [0, 0.1) is 0 Å². The molecule has 0 atom stereocenters. The Kier molecular flexibility index (Phi) is 4.06. The zero-order chi connectivity index (χ0) is 19.9. The molecular weight excluding hydrogens is 387 g/mol. The Morgan fingerprint density at radius 3 is 2.39 bits per heavy atom. The fourth-order valence-corrected chi connectivity index (χ4v) is 2.58. The molecule has 1 aromatic carbocycles. The van der Waals surface area contributed by atoms with Crippen LogP contribution in [0.1, 0.15) is 5.69 Å². The van der Waals surface area contributed by atoms with Gasteiger partial charge in [0.15, 0.2) is 11.5 Å². The number of alkyl halides is 5. The monoisotopic (exact) mass is 396 g/mol.